The summed E-state index contributed by atoms with van der Waals surface area (Å²) in [6, 6.07) is 7.86. The van der Waals surface area contributed by atoms with Crippen LogP contribution in [0.15, 0.2) is 29.3 Å². The maximum atomic E-state index is 11.6. The fraction of sp³-hybridized carbons (Fsp3) is 0.600. The molecule has 0 saturated carbocycles. The van der Waals surface area contributed by atoms with Gasteiger partial charge in [-0.15, -0.1) is 0 Å². The SMILES string of the molecule is CCCC(=O)Nc1ccc(CNC(=NC)NCCN(C)CCCOC)cc1. The van der Waals surface area contributed by atoms with Gasteiger partial charge in [-0.25, -0.2) is 0 Å². The number of likely N-dealkylation sites (N-methyl/N-ethyl adjacent to an activating group) is 1. The van der Waals surface area contributed by atoms with Gasteiger partial charge in [-0.05, 0) is 37.6 Å². The van der Waals surface area contributed by atoms with Gasteiger partial charge in [0.15, 0.2) is 5.96 Å². The Morgan fingerprint density at radius 3 is 2.56 bits per heavy atom. The number of methoxy groups -OCH3 is 1. The Balaban J connectivity index is 2.30. The number of amides is 1. The minimum Gasteiger partial charge on any atom is -0.385 e. The van der Waals surface area contributed by atoms with Crippen LogP contribution in [0.3, 0.4) is 0 Å². The molecular formula is C20H35N5O2. The summed E-state index contributed by atoms with van der Waals surface area (Å²) in [4.78, 5) is 18.1. The molecule has 1 amide bonds. The standard InChI is InChI=1S/C20H35N5O2/c1-5-7-19(26)24-18-10-8-17(9-11-18)16-23-20(21-2)22-12-14-25(3)13-6-15-27-4/h8-11H,5-7,12-16H2,1-4H3,(H,24,26)(H2,21,22,23). The van der Waals surface area contributed by atoms with Gasteiger partial charge in [-0.3, -0.25) is 9.79 Å². The molecule has 27 heavy (non-hydrogen) atoms. The molecule has 152 valence electrons. The normalized spacial score (nSPS) is 11.5. The van der Waals surface area contributed by atoms with Gasteiger partial charge >= 0.3 is 0 Å². The fourth-order valence-electron chi connectivity index (χ4n) is 2.52. The maximum absolute atomic E-state index is 11.6. The highest BCUT2D eigenvalue weighted by Gasteiger charge is 2.03. The van der Waals surface area contributed by atoms with Crippen molar-refractivity contribution in [3.63, 3.8) is 0 Å². The van der Waals surface area contributed by atoms with E-state index < -0.39 is 0 Å². The lowest BCUT2D eigenvalue weighted by Crippen LogP contribution is -2.40. The largest absolute Gasteiger partial charge is 0.385 e. The van der Waals surface area contributed by atoms with Crippen molar-refractivity contribution in [2.24, 2.45) is 4.99 Å². The number of ether oxygens (including phenoxy) is 1. The third-order valence-electron chi connectivity index (χ3n) is 4.07. The van der Waals surface area contributed by atoms with Crippen LogP contribution in [0.4, 0.5) is 5.69 Å². The van der Waals surface area contributed by atoms with Crippen LogP contribution >= 0.6 is 0 Å². The highest BCUT2D eigenvalue weighted by molar-refractivity contribution is 5.90. The topological polar surface area (TPSA) is 78.0 Å². The van der Waals surface area contributed by atoms with Gasteiger partial charge in [0, 0.05) is 59.1 Å². The monoisotopic (exact) mass is 377 g/mol. The minimum absolute atomic E-state index is 0.0557. The molecule has 0 radical (unpaired) electrons. The first-order valence-electron chi connectivity index (χ1n) is 9.59. The Kier molecular flexibility index (Phi) is 11.9. The second kappa shape index (κ2) is 14.0. The van der Waals surface area contributed by atoms with Gasteiger partial charge in [-0.1, -0.05) is 19.1 Å². The van der Waals surface area contributed by atoms with Crippen molar-refractivity contribution in [3.05, 3.63) is 29.8 Å². The lowest BCUT2D eigenvalue weighted by atomic mass is 10.2. The fourth-order valence-corrected chi connectivity index (χ4v) is 2.52. The summed E-state index contributed by atoms with van der Waals surface area (Å²) < 4.78 is 5.07. The van der Waals surface area contributed by atoms with Gasteiger partial charge in [0.25, 0.3) is 0 Å². The van der Waals surface area contributed by atoms with E-state index in [0.29, 0.717) is 13.0 Å². The van der Waals surface area contributed by atoms with E-state index in [9.17, 15) is 4.79 Å². The van der Waals surface area contributed by atoms with Crippen molar-refractivity contribution in [2.75, 3.05) is 52.8 Å². The maximum Gasteiger partial charge on any atom is 0.224 e. The molecular weight excluding hydrogens is 342 g/mol. The van der Waals surface area contributed by atoms with Crippen LogP contribution < -0.4 is 16.0 Å². The molecule has 3 N–H and O–H groups in total. The van der Waals surface area contributed by atoms with Gasteiger partial charge in [0.2, 0.25) is 5.91 Å². The van der Waals surface area contributed by atoms with Gasteiger partial charge in [0.1, 0.15) is 0 Å². The van der Waals surface area contributed by atoms with Crippen LogP contribution in [-0.2, 0) is 16.1 Å². The predicted molar refractivity (Wildman–Crippen MR) is 112 cm³/mol. The van der Waals surface area contributed by atoms with E-state index in [4.69, 9.17) is 4.74 Å². The Hall–Kier alpha value is -2.12. The summed E-state index contributed by atoms with van der Waals surface area (Å²) in [6.45, 7) is 6.24. The van der Waals surface area contributed by atoms with Crippen molar-refractivity contribution in [3.8, 4) is 0 Å². The molecule has 1 aromatic carbocycles. The highest BCUT2D eigenvalue weighted by atomic mass is 16.5. The van der Waals surface area contributed by atoms with E-state index >= 15 is 0 Å². The molecule has 0 bridgehead atoms. The van der Waals surface area contributed by atoms with Crippen LogP contribution in [0.25, 0.3) is 0 Å². The number of benzene rings is 1. The second-order valence-corrected chi connectivity index (χ2v) is 6.50. The second-order valence-electron chi connectivity index (χ2n) is 6.50. The molecule has 0 aromatic heterocycles. The molecule has 0 aliphatic carbocycles. The number of carbonyl (C=O) groups is 1. The summed E-state index contributed by atoms with van der Waals surface area (Å²) in [5, 5.41) is 9.52. The van der Waals surface area contributed by atoms with E-state index in [1.165, 1.54) is 0 Å². The Bertz CT molecular complexity index is 560. The minimum atomic E-state index is 0.0557. The number of carbonyl (C=O) groups excluding carboxylic acids is 1. The third-order valence-corrected chi connectivity index (χ3v) is 4.07. The van der Waals surface area contributed by atoms with Crippen molar-refractivity contribution in [1.29, 1.82) is 0 Å². The number of hydrogen-bond acceptors (Lipinski definition) is 4. The third kappa shape index (κ3) is 10.6. The molecule has 0 aliphatic rings. The summed E-state index contributed by atoms with van der Waals surface area (Å²) in [6.07, 6.45) is 2.44. The zero-order valence-corrected chi connectivity index (χ0v) is 17.2. The first kappa shape index (κ1) is 22.9. The molecule has 1 aromatic rings. The van der Waals surface area contributed by atoms with Crippen LogP contribution in [0.2, 0.25) is 0 Å². The van der Waals surface area contributed by atoms with Crippen LogP contribution in [0.1, 0.15) is 31.7 Å². The summed E-state index contributed by atoms with van der Waals surface area (Å²) in [7, 11) is 5.60. The first-order valence-corrected chi connectivity index (χ1v) is 9.59. The van der Waals surface area contributed by atoms with E-state index in [1.54, 1.807) is 14.2 Å². The van der Waals surface area contributed by atoms with Gasteiger partial charge in [-0.2, -0.15) is 0 Å². The Morgan fingerprint density at radius 2 is 1.93 bits per heavy atom. The number of nitrogens with one attached hydrogen (secondary N) is 3. The molecule has 0 atom stereocenters. The molecule has 0 heterocycles. The molecule has 0 spiro atoms. The average molecular weight is 378 g/mol. The number of aliphatic imine (C=N–C) groups is 1. The van der Waals surface area contributed by atoms with Crippen molar-refractivity contribution in [1.82, 2.24) is 15.5 Å². The lowest BCUT2D eigenvalue weighted by Gasteiger charge is -2.18. The van der Waals surface area contributed by atoms with Crippen LogP contribution in [0, 0.1) is 0 Å². The van der Waals surface area contributed by atoms with E-state index in [1.807, 2.05) is 31.2 Å². The molecule has 7 heteroatoms. The highest BCUT2D eigenvalue weighted by Crippen LogP contribution is 2.10. The predicted octanol–water partition coefficient (Wildman–Crippen LogP) is 2.06. The van der Waals surface area contributed by atoms with Crippen molar-refractivity contribution < 1.29 is 9.53 Å². The summed E-state index contributed by atoms with van der Waals surface area (Å²) in [5.41, 5.74) is 1.96. The summed E-state index contributed by atoms with van der Waals surface area (Å²) in [5.74, 6) is 0.834. The average Bonchev–Trinajstić information content (AvgIpc) is 2.66. The molecule has 0 fully saturated rings. The number of guanidine groups is 1. The Morgan fingerprint density at radius 1 is 1.19 bits per heavy atom. The van der Waals surface area contributed by atoms with Gasteiger partial charge < -0.3 is 25.6 Å². The quantitative estimate of drug-likeness (QED) is 0.295. The first-order chi connectivity index (χ1) is 13.1. The number of rotatable bonds is 12. The van der Waals surface area contributed by atoms with E-state index in [0.717, 1.165) is 56.3 Å². The van der Waals surface area contributed by atoms with Crippen LogP contribution in [0.5, 0.6) is 0 Å². The van der Waals surface area contributed by atoms with E-state index in [-0.39, 0.29) is 5.91 Å². The smallest absolute Gasteiger partial charge is 0.224 e. The van der Waals surface area contributed by atoms with Gasteiger partial charge in [0.05, 0.1) is 0 Å². The molecule has 0 unspecified atom stereocenters. The summed E-state index contributed by atoms with van der Waals surface area (Å²) >= 11 is 0. The molecule has 1 rings (SSSR count). The van der Waals surface area contributed by atoms with Crippen LogP contribution in [-0.4, -0.2) is 64.2 Å². The number of hydrogen-bond donors (Lipinski definition) is 3. The zero-order valence-electron chi connectivity index (χ0n) is 17.2. The molecule has 0 aliphatic heterocycles. The lowest BCUT2D eigenvalue weighted by molar-refractivity contribution is -0.116. The van der Waals surface area contributed by atoms with Crippen molar-refractivity contribution >= 4 is 17.6 Å². The molecule has 0 saturated heterocycles. The van der Waals surface area contributed by atoms with E-state index in [2.05, 4.69) is 32.9 Å². The Labute approximate surface area is 163 Å². The number of nitrogens with zero attached hydrogens (tertiary/aromatic N) is 2. The molecule has 7 nitrogen and oxygen atoms in total. The zero-order chi connectivity index (χ0) is 19.9. The van der Waals surface area contributed by atoms with Crippen molar-refractivity contribution in [2.45, 2.75) is 32.7 Å². The number of anilines is 1.